The topological polar surface area (TPSA) is 32.3 Å². The van der Waals surface area contributed by atoms with Gasteiger partial charge in [0.05, 0.1) is 0 Å². The fourth-order valence-electron chi connectivity index (χ4n) is 1.29. The second kappa shape index (κ2) is 5.70. The molecule has 0 saturated carbocycles. The van der Waals surface area contributed by atoms with E-state index in [-0.39, 0.29) is 6.54 Å². The van der Waals surface area contributed by atoms with Crippen molar-refractivity contribution in [2.24, 2.45) is 0 Å². The van der Waals surface area contributed by atoms with Crippen molar-refractivity contribution >= 4 is 6.03 Å². The van der Waals surface area contributed by atoms with Gasteiger partial charge in [0.2, 0.25) is 0 Å². The van der Waals surface area contributed by atoms with E-state index in [0.29, 0.717) is 5.56 Å². The van der Waals surface area contributed by atoms with Crippen LogP contribution in [0.3, 0.4) is 0 Å². The molecule has 2 amide bonds. The van der Waals surface area contributed by atoms with Crippen LogP contribution >= 0.6 is 0 Å². The fraction of sp³-hybridized carbons (Fsp3) is 0.364. The number of nitrogens with zero attached hydrogens (tertiary/aromatic N) is 1. The SMILES string of the molecule is CN(Cc1cccc(F)c1)C(=O)NCC(F)(F)F. The van der Waals surface area contributed by atoms with Crippen LogP contribution in [0.4, 0.5) is 22.4 Å². The lowest BCUT2D eigenvalue weighted by atomic mass is 10.2. The van der Waals surface area contributed by atoms with Gasteiger partial charge in [-0.15, -0.1) is 0 Å². The first-order valence-corrected chi connectivity index (χ1v) is 5.08. The lowest BCUT2D eigenvalue weighted by Gasteiger charge is -2.18. The van der Waals surface area contributed by atoms with E-state index in [0.717, 1.165) is 4.90 Å². The average molecular weight is 264 g/mol. The standard InChI is InChI=1S/C11H12F4N2O/c1-17(10(18)16-7-11(13,14)15)6-8-3-2-4-9(12)5-8/h2-5H,6-7H2,1H3,(H,16,18). The van der Waals surface area contributed by atoms with Gasteiger partial charge in [-0.1, -0.05) is 12.1 Å². The summed E-state index contributed by atoms with van der Waals surface area (Å²) in [6.45, 7) is -1.36. The van der Waals surface area contributed by atoms with E-state index in [4.69, 9.17) is 0 Å². The number of nitrogens with one attached hydrogen (secondary N) is 1. The fourth-order valence-corrected chi connectivity index (χ4v) is 1.29. The van der Waals surface area contributed by atoms with Crippen LogP contribution in [0.1, 0.15) is 5.56 Å². The van der Waals surface area contributed by atoms with E-state index >= 15 is 0 Å². The Bertz CT molecular complexity index is 420. The lowest BCUT2D eigenvalue weighted by Crippen LogP contribution is -2.41. The Labute approximate surface area is 101 Å². The third-order valence-corrected chi connectivity index (χ3v) is 2.10. The Morgan fingerprint density at radius 1 is 1.39 bits per heavy atom. The van der Waals surface area contributed by atoms with Crippen LogP contribution in [0.2, 0.25) is 0 Å². The largest absolute Gasteiger partial charge is 0.405 e. The summed E-state index contributed by atoms with van der Waals surface area (Å²) >= 11 is 0. The van der Waals surface area contributed by atoms with Crippen LogP contribution in [0.25, 0.3) is 0 Å². The van der Waals surface area contributed by atoms with E-state index < -0.39 is 24.6 Å². The summed E-state index contributed by atoms with van der Waals surface area (Å²) in [7, 11) is 1.33. The summed E-state index contributed by atoms with van der Waals surface area (Å²) in [6.07, 6.45) is -4.45. The van der Waals surface area contributed by atoms with Crippen LogP contribution in [-0.2, 0) is 6.54 Å². The molecule has 1 rings (SSSR count). The predicted octanol–water partition coefficient (Wildman–Crippen LogP) is 2.53. The molecule has 0 unspecified atom stereocenters. The quantitative estimate of drug-likeness (QED) is 0.836. The summed E-state index contributed by atoms with van der Waals surface area (Å²) in [5.74, 6) is -0.461. The summed E-state index contributed by atoms with van der Waals surface area (Å²) in [6, 6.07) is 4.64. The number of alkyl halides is 3. The monoisotopic (exact) mass is 264 g/mol. The number of halogens is 4. The van der Waals surface area contributed by atoms with E-state index in [1.165, 1.54) is 25.2 Å². The molecule has 1 aromatic rings. The van der Waals surface area contributed by atoms with E-state index in [1.54, 1.807) is 11.4 Å². The number of amides is 2. The number of benzene rings is 1. The van der Waals surface area contributed by atoms with Crippen molar-refractivity contribution in [3.63, 3.8) is 0 Å². The molecule has 0 aliphatic rings. The number of carbonyl (C=O) groups is 1. The first-order chi connectivity index (χ1) is 8.28. The third kappa shape index (κ3) is 5.03. The molecule has 0 aliphatic carbocycles. The summed E-state index contributed by atoms with van der Waals surface area (Å²) < 4.78 is 48.5. The maximum atomic E-state index is 12.9. The van der Waals surface area contributed by atoms with Crippen molar-refractivity contribution in [1.82, 2.24) is 10.2 Å². The molecule has 0 heterocycles. The Balaban J connectivity index is 2.50. The highest BCUT2D eigenvalue weighted by Gasteiger charge is 2.28. The minimum atomic E-state index is -4.45. The molecule has 3 nitrogen and oxygen atoms in total. The predicted molar refractivity (Wildman–Crippen MR) is 57.3 cm³/mol. The number of carbonyl (C=O) groups excluding carboxylic acids is 1. The van der Waals surface area contributed by atoms with Gasteiger partial charge in [0.25, 0.3) is 0 Å². The molecule has 0 atom stereocenters. The normalized spacial score (nSPS) is 11.2. The molecule has 0 saturated heterocycles. The minimum absolute atomic E-state index is 0.0292. The highest BCUT2D eigenvalue weighted by Crippen LogP contribution is 2.12. The highest BCUT2D eigenvalue weighted by atomic mass is 19.4. The second-order valence-corrected chi connectivity index (χ2v) is 3.76. The lowest BCUT2D eigenvalue weighted by molar-refractivity contribution is -0.123. The van der Waals surface area contributed by atoms with Crippen molar-refractivity contribution in [1.29, 1.82) is 0 Å². The van der Waals surface area contributed by atoms with Crippen LogP contribution in [0.15, 0.2) is 24.3 Å². The minimum Gasteiger partial charge on any atom is -0.329 e. The first-order valence-electron chi connectivity index (χ1n) is 5.08. The molecule has 1 N–H and O–H groups in total. The van der Waals surface area contributed by atoms with Crippen molar-refractivity contribution in [2.75, 3.05) is 13.6 Å². The zero-order valence-electron chi connectivity index (χ0n) is 9.59. The van der Waals surface area contributed by atoms with E-state index in [2.05, 4.69) is 0 Å². The van der Waals surface area contributed by atoms with Crippen LogP contribution in [0.5, 0.6) is 0 Å². The first kappa shape index (κ1) is 14.3. The maximum absolute atomic E-state index is 12.9. The van der Waals surface area contributed by atoms with E-state index in [1.807, 2.05) is 0 Å². The summed E-state index contributed by atoms with van der Waals surface area (Å²) in [4.78, 5) is 12.3. The van der Waals surface area contributed by atoms with Gasteiger partial charge in [-0.2, -0.15) is 13.2 Å². The molecule has 0 aromatic heterocycles. The number of hydrogen-bond donors (Lipinski definition) is 1. The number of hydrogen-bond acceptors (Lipinski definition) is 1. The molecule has 0 spiro atoms. The number of urea groups is 1. The van der Waals surface area contributed by atoms with Gasteiger partial charge in [0.1, 0.15) is 12.4 Å². The zero-order chi connectivity index (χ0) is 13.8. The molecule has 0 aliphatic heterocycles. The van der Waals surface area contributed by atoms with Gasteiger partial charge in [-0.3, -0.25) is 0 Å². The van der Waals surface area contributed by atoms with Crippen LogP contribution in [0, 0.1) is 5.82 Å². The molecule has 0 radical (unpaired) electrons. The van der Waals surface area contributed by atoms with E-state index in [9.17, 15) is 22.4 Å². The molecule has 0 bridgehead atoms. The molecule has 100 valence electrons. The van der Waals surface area contributed by atoms with Gasteiger partial charge in [-0.05, 0) is 17.7 Å². The van der Waals surface area contributed by atoms with Crippen molar-refractivity contribution < 1.29 is 22.4 Å². The van der Waals surface area contributed by atoms with Crippen LogP contribution < -0.4 is 5.32 Å². The van der Waals surface area contributed by atoms with Crippen molar-refractivity contribution in [3.8, 4) is 0 Å². The molecule has 0 fully saturated rings. The molecular weight excluding hydrogens is 252 g/mol. The molecule has 7 heteroatoms. The highest BCUT2D eigenvalue weighted by molar-refractivity contribution is 5.73. The van der Waals surface area contributed by atoms with Crippen molar-refractivity contribution in [2.45, 2.75) is 12.7 Å². The Hall–Kier alpha value is -1.79. The average Bonchev–Trinajstić information content (AvgIpc) is 2.24. The maximum Gasteiger partial charge on any atom is 0.405 e. The third-order valence-electron chi connectivity index (χ3n) is 2.10. The van der Waals surface area contributed by atoms with Gasteiger partial charge < -0.3 is 10.2 Å². The molecule has 18 heavy (non-hydrogen) atoms. The van der Waals surface area contributed by atoms with Crippen molar-refractivity contribution in [3.05, 3.63) is 35.6 Å². The molecule has 1 aromatic carbocycles. The Morgan fingerprint density at radius 2 is 2.06 bits per heavy atom. The summed E-state index contributed by atoms with van der Waals surface area (Å²) in [5.41, 5.74) is 0.500. The van der Waals surface area contributed by atoms with Gasteiger partial charge in [-0.25, -0.2) is 9.18 Å². The molecular formula is C11H12F4N2O. The Morgan fingerprint density at radius 3 is 2.61 bits per heavy atom. The second-order valence-electron chi connectivity index (χ2n) is 3.76. The van der Waals surface area contributed by atoms with Gasteiger partial charge in [0.15, 0.2) is 0 Å². The Kier molecular flexibility index (Phi) is 4.52. The van der Waals surface area contributed by atoms with Crippen LogP contribution in [-0.4, -0.2) is 30.7 Å². The van der Waals surface area contributed by atoms with Gasteiger partial charge >= 0.3 is 12.2 Å². The number of rotatable bonds is 3. The van der Waals surface area contributed by atoms with Gasteiger partial charge in [0, 0.05) is 13.6 Å². The zero-order valence-corrected chi connectivity index (χ0v) is 9.59. The smallest absolute Gasteiger partial charge is 0.329 e. The summed E-state index contributed by atoms with van der Waals surface area (Å²) in [5, 5.41) is 1.73.